The fraction of sp³-hybridized carbons (Fsp3) is 0. The van der Waals surface area contributed by atoms with E-state index >= 15 is 0 Å². The first-order valence-corrected chi connectivity index (χ1v) is 6.00. The molecule has 0 unspecified atom stereocenters. The Morgan fingerprint density at radius 1 is 0.550 bits per heavy atom. The minimum absolute atomic E-state index is 0. The van der Waals surface area contributed by atoms with E-state index in [4.69, 9.17) is 52.6 Å². The van der Waals surface area contributed by atoms with E-state index in [2.05, 4.69) is 0 Å². The maximum atomic E-state index is 8.52. The number of rotatable bonds is 0. The Balaban J connectivity index is -0.0000000160. The summed E-state index contributed by atoms with van der Waals surface area (Å²) in [4.78, 5) is 0. The van der Waals surface area contributed by atoms with Gasteiger partial charge in [-0.05, 0) is 0 Å². The molecule has 0 aromatic rings. The van der Waals surface area contributed by atoms with Gasteiger partial charge in [0.05, 0.1) is 0 Å². The average molecular weight is 402 g/mol. The van der Waals surface area contributed by atoms with E-state index in [0.29, 0.717) is 0 Å². The molecule has 0 saturated carbocycles. The summed E-state index contributed by atoms with van der Waals surface area (Å²) in [5.41, 5.74) is 0. The predicted molar refractivity (Wildman–Crippen MR) is 44.9 cm³/mol. The molecule has 0 fully saturated rings. The molecule has 0 aromatic heterocycles. The first-order valence-electron chi connectivity index (χ1n) is 2.00. The second-order valence-electron chi connectivity index (χ2n) is 1.22. The van der Waals surface area contributed by atoms with Crippen molar-refractivity contribution in [3.05, 3.63) is 0 Å². The first-order chi connectivity index (χ1) is 6.00. The van der Waals surface area contributed by atoms with Crippen molar-refractivity contribution in [1.29, 1.82) is 0 Å². The van der Waals surface area contributed by atoms with Gasteiger partial charge in [-0.15, -0.1) is 0 Å². The second kappa shape index (κ2) is 22.0. The maximum Gasteiger partial charge on any atom is 3.00 e. The summed E-state index contributed by atoms with van der Waals surface area (Å²) < 4.78 is 102. The Kier molecular flexibility index (Phi) is 54.3. The standard InChI is InChI=1S/Al.Ca.Li.Na.3H2O4S.H2O/c;;;;3*1-5(2,3)4;/h;;;;3*(H2,1,2,3,4);1H2/q+3;+2;2*+1;;;;/p-7. The molecule has 104 valence electrons. The van der Waals surface area contributed by atoms with E-state index in [0.717, 1.165) is 0 Å². The van der Waals surface area contributed by atoms with Gasteiger partial charge in [-0.2, -0.15) is 0 Å². The van der Waals surface area contributed by atoms with Gasteiger partial charge in [-0.3, -0.25) is 25.3 Å². The third kappa shape index (κ3) is 953. The molecule has 20 heteroatoms. The number of hydrogen-bond acceptors (Lipinski definition) is 13. The summed E-state index contributed by atoms with van der Waals surface area (Å²) in [7, 11) is -15.5. The minimum atomic E-state index is -5.17. The molecule has 0 saturated heterocycles. The molecule has 0 aromatic carbocycles. The zero-order valence-corrected chi connectivity index (χ0v) is 17.7. The van der Waals surface area contributed by atoms with Crippen LogP contribution >= 0.6 is 0 Å². The fourth-order valence-corrected chi connectivity index (χ4v) is 0. The average Bonchev–Trinajstić information content (AvgIpc) is 1.41. The van der Waals surface area contributed by atoms with Crippen molar-refractivity contribution in [1.82, 2.24) is 0 Å². The molecule has 0 aliphatic heterocycles. The van der Waals surface area contributed by atoms with Crippen LogP contribution in [0.3, 0.4) is 0 Å². The smallest absolute Gasteiger partial charge is 0.870 e. The van der Waals surface area contributed by atoms with Crippen LogP contribution in [0.25, 0.3) is 0 Å². The van der Waals surface area contributed by atoms with Crippen molar-refractivity contribution in [2.45, 2.75) is 0 Å². The monoisotopic (exact) mass is 402 g/mol. The molecule has 0 atom stereocenters. The molecule has 0 amide bonds. The van der Waals surface area contributed by atoms with E-state index in [9.17, 15) is 0 Å². The molecule has 0 radical (unpaired) electrons. The Morgan fingerprint density at radius 3 is 0.550 bits per heavy atom. The normalized spacial score (nSPS) is 8.70. The third-order valence-electron chi connectivity index (χ3n) is 0. The zero-order valence-electron chi connectivity index (χ0n) is 9.86. The van der Waals surface area contributed by atoms with Crippen molar-refractivity contribution < 1.29 is 106 Å². The zero-order chi connectivity index (χ0) is 13.5. The van der Waals surface area contributed by atoms with E-state index in [-0.39, 0.29) is 109 Å². The summed E-state index contributed by atoms with van der Waals surface area (Å²) in [6, 6.07) is 0. The molecule has 13 nitrogen and oxygen atoms in total. The molecule has 1 N–H and O–H groups in total. The number of hydrogen-bond donors (Lipinski definition) is 0. The molecule has 0 heterocycles. The largest absolute Gasteiger partial charge is 3.00 e. The van der Waals surface area contributed by atoms with Crippen LogP contribution in [-0.4, -0.2) is 113 Å². The quantitative estimate of drug-likeness (QED) is 0.207. The van der Waals surface area contributed by atoms with Gasteiger partial charge in [0.15, 0.2) is 0 Å². The molecular weight excluding hydrogens is 401 g/mol. The van der Waals surface area contributed by atoms with Crippen LogP contribution in [0, 0.1) is 0 Å². The second-order valence-corrected chi connectivity index (χ2v) is 3.67. The Hall–Kier alpha value is 2.96. The first kappa shape index (κ1) is 49.5. The Bertz CT molecular complexity index is 355. The van der Waals surface area contributed by atoms with Crippen LogP contribution in [0.15, 0.2) is 0 Å². The fourth-order valence-electron chi connectivity index (χ4n) is 0. The van der Waals surface area contributed by atoms with Crippen molar-refractivity contribution >= 4 is 86.3 Å². The molecule has 0 rings (SSSR count). The molecular formula is HAlCaLiNaO13S3. The van der Waals surface area contributed by atoms with Crippen LogP contribution in [0.4, 0.5) is 0 Å². The van der Waals surface area contributed by atoms with Crippen LogP contribution in [0.2, 0.25) is 0 Å². The summed E-state index contributed by atoms with van der Waals surface area (Å²) in [6.45, 7) is 0. The van der Waals surface area contributed by atoms with Gasteiger partial charge in [-0.1, -0.05) is 0 Å². The summed E-state index contributed by atoms with van der Waals surface area (Å²) in [6.07, 6.45) is 0. The SMILES string of the molecule is O=S(=O)([O-])[O-].O=S(=O)([O-])[O-].O=S(=O)([O-])[O-].[Al+3].[Ca+2].[Li+].[Na+].[OH-]. The Labute approximate surface area is 189 Å². The van der Waals surface area contributed by atoms with Gasteiger partial charge in [0.1, 0.15) is 0 Å². The maximum absolute atomic E-state index is 8.52. The van der Waals surface area contributed by atoms with Crippen molar-refractivity contribution in [3.63, 3.8) is 0 Å². The summed E-state index contributed by atoms with van der Waals surface area (Å²) in [5.74, 6) is 0. The van der Waals surface area contributed by atoms with Crippen molar-refractivity contribution in [2.24, 2.45) is 0 Å². The van der Waals surface area contributed by atoms with Gasteiger partial charge in [0, 0.05) is 31.2 Å². The van der Waals surface area contributed by atoms with E-state index in [1.54, 1.807) is 0 Å². The van der Waals surface area contributed by atoms with E-state index in [1.165, 1.54) is 0 Å². The van der Waals surface area contributed by atoms with Gasteiger partial charge >= 0.3 is 104 Å². The predicted octanol–water partition coefficient (Wildman–Crippen LogP) is -10.9. The van der Waals surface area contributed by atoms with Gasteiger partial charge in [-0.25, -0.2) is 0 Å². The van der Waals surface area contributed by atoms with Crippen LogP contribution in [0.5, 0.6) is 0 Å². The topological polar surface area (TPSA) is 271 Å². The molecule has 0 spiro atoms. The minimum Gasteiger partial charge on any atom is -0.870 e. The van der Waals surface area contributed by atoms with E-state index < -0.39 is 31.2 Å². The van der Waals surface area contributed by atoms with Gasteiger partial charge in [0.25, 0.3) is 0 Å². The van der Waals surface area contributed by atoms with Crippen molar-refractivity contribution in [2.75, 3.05) is 0 Å². The van der Waals surface area contributed by atoms with Crippen molar-refractivity contribution in [3.8, 4) is 0 Å². The molecule has 0 bridgehead atoms. The van der Waals surface area contributed by atoms with Crippen LogP contribution in [0.1, 0.15) is 0 Å². The Morgan fingerprint density at radius 2 is 0.550 bits per heavy atom. The summed E-state index contributed by atoms with van der Waals surface area (Å²) >= 11 is 0. The van der Waals surface area contributed by atoms with E-state index in [1.807, 2.05) is 0 Å². The molecule has 20 heavy (non-hydrogen) atoms. The van der Waals surface area contributed by atoms with Crippen LogP contribution in [-0.2, 0) is 31.2 Å². The third-order valence-corrected chi connectivity index (χ3v) is 0. The molecule has 0 aliphatic carbocycles. The van der Waals surface area contributed by atoms with Crippen LogP contribution < -0.4 is 48.4 Å². The molecule has 0 aliphatic rings. The van der Waals surface area contributed by atoms with Gasteiger partial charge in [0.2, 0.25) is 0 Å². The van der Waals surface area contributed by atoms with Gasteiger partial charge < -0.3 is 32.8 Å². The summed E-state index contributed by atoms with van der Waals surface area (Å²) in [5, 5.41) is 0.